The van der Waals surface area contributed by atoms with Gasteiger partial charge in [0.1, 0.15) is 12.7 Å². The minimum absolute atomic E-state index is 0.140. The number of hydrogen-bond donors (Lipinski definition) is 1. The van der Waals surface area contributed by atoms with Crippen molar-refractivity contribution in [1.29, 1.82) is 0 Å². The topological polar surface area (TPSA) is 59.8 Å². The smallest absolute Gasteiger partial charge is 0.220 e. The van der Waals surface area contributed by atoms with Gasteiger partial charge in [0.2, 0.25) is 5.91 Å². The van der Waals surface area contributed by atoms with E-state index in [-0.39, 0.29) is 5.91 Å². The molecule has 0 spiro atoms. The molecule has 1 amide bonds. The summed E-state index contributed by atoms with van der Waals surface area (Å²) in [6.07, 6.45) is 9.69. The van der Waals surface area contributed by atoms with Crippen LogP contribution in [0.3, 0.4) is 0 Å². The number of unbranched alkanes of at least 4 members (excludes halogenated alkanes) is 4. The molecule has 5 heteroatoms. The fourth-order valence-electron chi connectivity index (χ4n) is 1.64. The minimum atomic E-state index is 0.140. The Balaban J connectivity index is 1.94. The van der Waals surface area contributed by atoms with Gasteiger partial charge in [-0.2, -0.15) is 5.10 Å². The summed E-state index contributed by atoms with van der Waals surface area (Å²) < 4.78 is 1.71. The lowest BCUT2D eigenvalue weighted by molar-refractivity contribution is -0.121. The van der Waals surface area contributed by atoms with Crippen molar-refractivity contribution in [3.63, 3.8) is 0 Å². The Hall–Kier alpha value is -1.39. The zero-order valence-electron chi connectivity index (χ0n) is 10.6. The van der Waals surface area contributed by atoms with Crippen molar-refractivity contribution in [1.82, 2.24) is 20.1 Å². The highest BCUT2D eigenvalue weighted by molar-refractivity contribution is 5.75. The average Bonchev–Trinajstić information content (AvgIpc) is 2.82. The molecule has 0 saturated heterocycles. The van der Waals surface area contributed by atoms with E-state index in [0.717, 1.165) is 12.8 Å². The first-order chi connectivity index (χ1) is 8.33. The highest BCUT2D eigenvalue weighted by Crippen LogP contribution is 2.04. The van der Waals surface area contributed by atoms with E-state index in [1.807, 2.05) is 0 Å². The van der Waals surface area contributed by atoms with Crippen molar-refractivity contribution in [3.05, 3.63) is 12.7 Å². The van der Waals surface area contributed by atoms with Crippen LogP contribution in [0.2, 0.25) is 0 Å². The van der Waals surface area contributed by atoms with E-state index in [9.17, 15) is 4.79 Å². The van der Waals surface area contributed by atoms with E-state index in [4.69, 9.17) is 0 Å². The van der Waals surface area contributed by atoms with Gasteiger partial charge in [0.15, 0.2) is 0 Å². The van der Waals surface area contributed by atoms with Gasteiger partial charge in [-0.05, 0) is 6.42 Å². The minimum Gasteiger partial charge on any atom is -0.354 e. The highest BCUT2D eigenvalue weighted by atomic mass is 16.1. The summed E-state index contributed by atoms with van der Waals surface area (Å²) in [6.45, 7) is 3.50. The van der Waals surface area contributed by atoms with Gasteiger partial charge >= 0.3 is 0 Å². The van der Waals surface area contributed by atoms with Gasteiger partial charge in [-0.25, -0.2) is 4.98 Å². The third-order valence-corrected chi connectivity index (χ3v) is 2.64. The van der Waals surface area contributed by atoms with Crippen molar-refractivity contribution in [2.24, 2.45) is 0 Å². The van der Waals surface area contributed by atoms with E-state index in [0.29, 0.717) is 19.5 Å². The molecule has 0 aliphatic rings. The van der Waals surface area contributed by atoms with E-state index in [1.54, 1.807) is 11.0 Å². The Morgan fingerprint density at radius 3 is 2.82 bits per heavy atom. The molecule has 0 aliphatic heterocycles. The predicted octanol–water partition coefficient (Wildman–Crippen LogP) is 1.75. The van der Waals surface area contributed by atoms with Gasteiger partial charge in [0, 0.05) is 13.0 Å². The Morgan fingerprint density at radius 2 is 2.12 bits per heavy atom. The molecule has 5 nitrogen and oxygen atoms in total. The molecule has 0 saturated carbocycles. The maximum atomic E-state index is 11.4. The second-order valence-corrected chi connectivity index (χ2v) is 4.17. The molecular formula is C12H22N4O. The number of rotatable bonds is 9. The van der Waals surface area contributed by atoms with Crippen LogP contribution in [-0.4, -0.2) is 27.2 Å². The molecule has 1 aromatic heterocycles. The van der Waals surface area contributed by atoms with Crippen LogP contribution < -0.4 is 5.32 Å². The molecule has 0 bridgehead atoms. The van der Waals surface area contributed by atoms with Crippen molar-refractivity contribution in [3.8, 4) is 0 Å². The van der Waals surface area contributed by atoms with E-state index in [1.165, 1.54) is 25.6 Å². The third-order valence-electron chi connectivity index (χ3n) is 2.64. The van der Waals surface area contributed by atoms with E-state index in [2.05, 4.69) is 22.3 Å². The number of amides is 1. The first-order valence-electron chi connectivity index (χ1n) is 6.42. The van der Waals surface area contributed by atoms with Gasteiger partial charge in [0.25, 0.3) is 0 Å². The van der Waals surface area contributed by atoms with Crippen LogP contribution >= 0.6 is 0 Å². The fourth-order valence-corrected chi connectivity index (χ4v) is 1.64. The third kappa shape index (κ3) is 6.71. The first kappa shape index (κ1) is 13.7. The van der Waals surface area contributed by atoms with E-state index >= 15 is 0 Å². The average molecular weight is 238 g/mol. The molecule has 0 aromatic carbocycles. The van der Waals surface area contributed by atoms with E-state index < -0.39 is 0 Å². The lowest BCUT2D eigenvalue weighted by atomic mass is 10.1. The van der Waals surface area contributed by atoms with Gasteiger partial charge in [-0.1, -0.05) is 32.6 Å². The lowest BCUT2D eigenvalue weighted by Crippen LogP contribution is -2.27. The van der Waals surface area contributed by atoms with Crippen LogP contribution in [0.1, 0.15) is 45.4 Å². The molecule has 1 N–H and O–H groups in total. The maximum Gasteiger partial charge on any atom is 0.220 e. The molecule has 17 heavy (non-hydrogen) atoms. The fraction of sp³-hybridized carbons (Fsp3) is 0.750. The SMILES string of the molecule is CCCCCCCC(=O)NCCn1cncn1. The number of carbonyl (C=O) groups excluding carboxylic acids is 1. The van der Waals surface area contributed by atoms with Gasteiger partial charge in [-0.3, -0.25) is 9.48 Å². The lowest BCUT2D eigenvalue weighted by Gasteiger charge is -2.04. The van der Waals surface area contributed by atoms with Crippen molar-refractivity contribution in [2.45, 2.75) is 52.0 Å². The second kappa shape index (κ2) is 8.73. The van der Waals surface area contributed by atoms with Crippen LogP contribution in [0.4, 0.5) is 0 Å². The molecule has 0 aliphatic carbocycles. The summed E-state index contributed by atoms with van der Waals surface area (Å²) in [5, 5.41) is 6.85. The summed E-state index contributed by atoms with van der Waals surface area (Å²) in [6, 6.07) is 0. The quantitative estimate of drug-likeness (QED) is 0.667. The van der Waals surface area contributed by atoms with Crippen LogP contribution in [0, 0.1) is 0 Å². The zero-order valence-corrected chi connectivity index (χ0v) is 10.6. The number of nitrogens with zero attached hydrogens (tertiary/aromatic N) is 3. The second-order valence-electron chi connectivity index (χ2n) is 4.17. The highest BCUT2D eigenvalue weighted by Gasteiger charge is 2.00. The number of carbonyl (C=O) groups is 1. The molecule has 96 valence electrons. The molecule has 0 fully saturated rings. The van der Waals surface area contributed by atoms with Gasteiger partial charge in [0.05, 0.1) is 6.54 Å². The summed E-state index contributed by atoms with van der Waals surface area (Å²) >= 11 is 0. The monoisotopic (exact) mass is 238 g/mol. The molecule has 0 unspecified atom stereocenters. The van der Waals surface area contributed by atoms with Gasteiger partial charge < -0.3 is 5.32 Å². The Labute approximate surface area is 103 Å². The van der Waals surface area contributed by atoms with Crippen molar-refractivity contribution < 1.29 is 4.79 Å². The summed E-state index contributed by atoms with van der Waals surface area (Å²) in [4.78, 5) is 15.3. The van der Waals surface area contributed by atoms with Crippen LogP contribution in [-0.2, 0) is 11.3 Å². The van der Waals surface area contributed by atoms with Crippen molar-refractivity contribution >= 4 is 5.91 Å². The molecule has 1 heterocycles. The summed E-state index contributed by atoms with van der Waals surface area (Å²) in [5.41, 5.74) is 0. The largest absolute Gasteiger partial charge is 0.354 e. The van der Waals surface area contributed by atoms with Gasteiger partial charge in [-0.15, -0.1) is 0 Å². The first-order valence-corrected chi connectivity index (χ1v) is 6.42. The number of aromatic nitrogens is 3. The normalized spacial score (nSPS) is 10.4. The molecule has 0 radical (unpaired) electrons. The van der Waals surface area contributed by atoms with Crippen molar-refractivity contribution in [2.75, 3.05) is 6.54 Å². The Morgan fingerprint density at radius 1 is 1.29 bits per heavy atom. The van der Waals surface area contributed by atoms with Crippen LogP contribution in [0.15, 0.2) is 12.7 Å². The maximum absolute atomic E-state index is 11.4. The number of nitrogens with one attached hydrogen (secondary N) is 1. The number of hydrogen-bond acceptors (Lipinski definition) is 3. The molecule has 1 aromatic rings. The molecular weight excluding hydrogens is 216 g/mol. The Kier molecular flexibility index (Phi) is 7.02. The molecule has 1 rings (SSSR count). The summed E-state index contributed by atoms with van der Waals surface area (Å²) in [7, 11) is 0. The Bertz CT molecular complexity index is 297. The molecule has 0 atom stereocenters. The summed E-state index contributed by atoms with van der Waals surface area (Å²) in [5.74, 6) is 0.140. The predicted molar refractivity (Wildman–Crippen MR) is 66.4 cm³/mol. The van der Waals surface area contributed by atoms with Crippen LogP contribution in [0.5, 0.6) is 0 Å². The zero-order chi connectivity index (χ0) is 12.3. The van der Waals surface area contributed by atoms with Crippen LogP contribution in [0.25, 0.3) is 0 Å². The standard InChI is InChI=1S/C12H22N4O/c1-2-3-4-5-6-7-12(17)14-8-9-16-11-13-10-15-16/h10-11H,2-9H2,1H3,(H,14,17).